The van der Waals surface area contributed by atoms with Gasteiger partial charge in [-0.2, -0.15) is 0 Å². The number of amides is 1. The Hall–Kier alpha value is -2.31. The Kier molecular flexibility index (Phi) is 2.38. The van der Waals surface area contributed by atoms with Gasteiger partial charge in [0.15, 0.2) is 12.4 Å². The van der Waals surface area contributed by atoms with Gasteiger partial charge in [-0.1, -0.05) is 0 Å². The number of nitrogens with one attached hydrogen (secondary N) is 2. The van der Waals surface area contributed by atoms with Gasteiger partial charge in [-0.25, -0.2) is 0 Å². The van der Waals surface area contributed by atoms with E-state index < -0.39 is 4.92 Å². The van der Waals surface area contributed by atoms with Gasteiger partial charge in [-0.3, -0.25) is 14.9 Å². The molecule has 19 heavy (non-hydrogen) atoms. The highest BCUT2D eigenvalue weighted by Crippen LogP contribution is 2.43. The molecule has 1 aromatic rings. The van der Waals surface area contributed by atoms with E-state index in [9.17, 15) is 14.9 Å². The molecule has 0 bridgehead atoms. The lowest BCUT2D eigenvalue weighted by Gasteiger charge is -2.20. The number of fused-ring (bicyclic) bond motifs is 1. The number of carbonyl (C=O) groups excluding carboxylic acids is 1. The van der Waals surface area contributed by atoms with E-state index in [4.69, 9.17) is 4.74 Å². The van der Waals surface area contributed by atoms with Crippen LogP contribution in [0.2, 0.25) is 0 Å². The van der Waals surface area contributed by atoms with Crippen LogP contribution in [-0.2, 0) is 4.79 Å². The second-order valence-electron chi connectivity index (χ2n) is 5.15. The van der Waals surface area contributed by atoms with Gasteiger partial charge in [0.1, 0.15) is 5.69 Å². The average Bonchev–Trinajstić information content (AvgIpc) is 3.05. The summed E-state index contributed by atoms with van der Waals surface area (Å²) in [7, 11) is 0. The molecule has 1 saturated carbocycles. The second kappa shape index (κ2) is 3.84. The van der Waals surface area contributed by atoms with Crippen LogP contribution in [0.5, 0.6) is 5.75 Å². The Morgan fingerprint density at radius 1 is 1.47 bits per heavy atom. The lowest BCUT2D eigenvalue weighted by molar-refractivity contribution is -0.384. The summed E-state index contributed by atoms with van der Waals surface area (Å²) < 4.78 is 5.18. The van der Waals surface area contributed by atoms with E-state index >= 15 is 0 Å². The molecule has 0 saturated heterocycles. The monoisotopic (exact) mass is 263 g/mol. The first-order chi connectivity index (χ1) is 8.97. The first kappa shape index (κ1) is 11.8. The third-order valence-electron chi connectivity index (χ3n) is 3.36. The van der Waals surface area contributed by atoms with Gasteiger partial charge >= 0.3 is 0 Å². The molecule has 3 rings (SSSR count). The fraction of sp³-hybridized carbons (Fsp3) is 0.417. The summed E-state index contributed by atoms with van der Waals surface area (Å²) >= 11 is 0. The van der Waals surface area contributed by atoms with Crippen LogP contribution in [0.15, 0.2) is 12.1 Å². The maximum Gasteiger partial charge on any atom is 0.296 e. The smallest absolute Gasteiger partial charge is 0.296 e. The minimum atomic E-state index is -0.450. The number of hydrogen-bond donors (Lipinski definition) is 2. The third-order valence-corrected chi connectivity index (χ3v) is 3.36. The van der Waals surface area contributed by atoms with Crippen molar-refractivity contribution in [3.8, 4) is 5.75 Å². The number of nitrogens with zero attached hydrogens (tertiary/aromatic N) is 1. The van der Waals surface area contributed by atoms with Crippen LogP contribution in [0.4, 0.5) is 17.1 Å². The second-order valence-corrected chi connectivity index (χ2v) is 5.15. The molecular formula is C12H13N3O4. The largest absolute Gasteiger partial charge is 0.481 e. The molecule has 2 aliphatic rings. The van der Waals surface area contributed by atoms with Crippen LogP contribution in [-0.4, -0.2) is 23.0 Å². The maximum atomic E-state index is 11.3. The van der Waals surface area contributed by atoms with E-state index in [1.54, 1.807) is 6.07 Å². The first-order valence-corrected chi connectivity index (χ1v) is 6.00. The molecule has 100 valence electrons. The van der Waals surface area contributed by atoms with Crippen molar-refractivity contribution in [2.45, 2.75) is 25.3 Å². The summed E-state index contributed by atoms with van der Waals surface area (Å²) in [6.07, 6.45) is 1.95. The Morgan fingerprint density at radius 2 is 2.21 bits per heavy atom. The third kappa shape index (κ3) is 2.18. The minimum Gasteiger partial charge on any atom is -0.481 e. The van der Waals surface area contributed by atoms with E-state index in [1.165, 1.54) is 6.07 Å². The summed E-state index contributed by atoms with van der Waals surface area (Å²) in [5.74, 6) is 0.0720. The minimum absolute atomic E-state index is 0.0389. The number of rotatable bonds is 3. The van der Waals surface area contributed by atoms with E-state index in [0.29, 0.717) is 17.1 Å². The van der Waals surface area contributed by atoms with Crippen molar-refractivity contribution in [2.75, 3.05) is 17.2 Å². The van der Waals surface area contributed by atoms with Crippen molar-refractivity contribution in [2.24, 2.45) is 0 Å². The fourth-order valence-corrected chi connectivity index (χ4v) is 2.00. The van der Waals surface area contributed by atoms with Crippen LogP contribution < -0.4 is 15.4 Å². The van der Waals surface area contributed by atoms with E-state index in [1.807, 2.05) is 6.92 Å². The quantitative estimate of drug-likeness (QED) is 0.641. The van der Waals surface area contributed by atoms with E-state index in [-0.39, 0.29) is 23.7 Å². The van der Waals surface area contributed by atoms with E-state index in [0.717, 1.165) is 12.8 Å². The number of ether oxygens (including phenoxy) is 1. The maximum absolute atomic E-state index is 11.3. The lowest BCUT2D eigenvalue weighted by atomic mass is 10.1. The molecule has 7 heteroatoms. The number of anilines is 2. The van der Waals surface area contributed by atoms with Crippen LogP contribution >= 0.6 is 0 Å². The van der Waals surface area contributed by atoms with Gasteiger partial charge in [0.25, 0.3) is 11.6 Å². The van der Waals surface area contributed by atoms with Crippen molar-refractivity contribution in [3.63, 3.8) is 0 Å². The van der Waals surface area contributed by atoms with Crippen molar-refractivity contribution in [3.05, 3.63) is 22.2 Å². The molecule has 2 N–H and O–H groups in total. The zero-order chi connectivity index (χ0) is 13.6. The lowest BCUT2D eigenvalue weighted by Crippen LogP contribution is -2.26. The van der Waals surface area contributed by atoms with Crippen molar-refractivity contribution >= 4 is 23.0 Å². The van der Waals surface area contributed by atoms with Crippen LogP contribution in [0.3, 0.4) is 0 Å². The highest BCUT2D eigenvalue weighted by atomic mass is 16.6. The molecule has 0 aromatic heterocycles. The van der Waals surface area contributed by atoms with E-state index in [2.05, 4.69) is 10.6 Å². The molecule has 1 fully saturated rings. The summed E-state index contributed by atoms with van der Waals surface area (Å²) in [5.41, 5.74) is 0.754. The van der Waals surface area contributed by atoms with Crippen LogP contribution in [0.1, 0.15) is 19.8 Å². The number of benzene rings is 1. The zero-order valence-corrected chi connectivity index (χ0v) is 10.4. The average molecular weight is 263 g/mol. The zero-order valence-electron chi connectivity index (χ0n) is 10.4. The predicted molar refractivity (Wildman–Crippen MR) is 68.5 cm³/mol. The summed E-state index contributed by atoms with van der Waals surface area (Å²) in [5, 5.41) is 16.9. The standard InChI is InChI=1S/C12H13N3O4/c1-12(2-3-12)14-7-4-8-10(5-9(7)15(17)18)19-6-11(16)13-8/h4-5,14H,2-3,6H2,1H3,(H,13,16). The molecule has 1 heterocycles. The van der Waals surface area contributed by atoms with Crippen molar-refractivity contribution in [1.82, 2.24) is 0 Å². The van der Waals surface area contributed by atoms with Crippen LogP contribution in [0.25, 0.3) is 0 Å². The topological polar surface area (TPSA) is 93.5 Å². The Labute approximate surface area is 109 Å². The van der Waals surface area contributed by atoms with Crippen molar-refractivity contribution < 1.29 is 14.5 Å². The van der Waals surface area contributed by atoms with Crippen LogP contribution in [0, 0.1) is 10.1 Å². The molecule has 1 aromatic carbocycles. The molecule has 1 amide bonds. The number of nitro benzene ring substituents is 1. The van der Waals surface area contributed by atoms with Gasteiger partial charge in [0.2, 0.25) is 0 Å². The predicted octanol–water partition coefficient (Wildman–Crippen LogP) is 1.89. The number of carbonyl (C=O) groups is 1. The Balaban J connectivity index is 2.02. The van der Waals surface area contributed by atoms with Gasteiger partial charge in [0, 0.05) is 5.54 Å². The molecule has 1 aliphatic carbocycles. The van der Waals surface area contributed by atoms with Crippen molar-refractivity contribution in [1.29, 1.82) is 0 Å². The van der Waals surface area contributed by atoms with Gasteiger partial charge in [-0.05, 0) is 25.8 Å². The summed E-state index contributed by atoms with van der Waals surface area (Å²) in [6.45, 7) is 1.89. The Bertz CT molecular complexity index is 581. The summed E-state index contributed by atoms with van der Waals surface area (Å²) in [4.78, 5) is 21.9. The number of nitro groups is 1. The molecule has 1 aliphatic heterocycles. The molecule has 7 nitrogen and oxygen atoms in total. The first-order valence-electron chi connectivity index (χ1n) is 6.00. The summed E-state index contributed by atoms with van der Waals surface area (Å²) in [6, 6.07) is 2.91. The molecule has 0 atom stereocenters. The van der Waals surface area contributed by atoms with Gasteiger partial charge in [0.05, 0.1) is 16.7 Å². The highest BCUT2D eigenvalue weighted by Gasteiger charge is 2.39. The number of hydrogen-bond acceptors (Lipinski definition) is 5. The van der Waals surface area contributed by atoms with Gasteiger partial charge < -0.3 is 15.4 Å². The van der Waals surface area contributed by atoms with Gasteiger partial charge in [-0.15, -0.1) is 0 Å². The molecular weight excluding hydrogens is 250 g/mol. The Morgan fingerprint density at radius 3 is 2.84 bits per heavy atom. The fourth-order valence-electron chi connectivity index (χ4n) is 2.00. The normalized spacial score (nSPS) is 18.9. The molecule has 0 radical (unpaired) electrons. The molecule has 0 spiro atoms. The SMILES string of the molecule is CC1(Nc2cc3c(cc2[N+](=O)[O-])OCC(=O)N3)CC1. The highest BCUT2D eigenvalue weighted by molar-refractivity contribution is 5.96. The molecule has 0 unspecified atom stereocenters.